The molecule has 0 aromatic carbocycles. The van der Waals surface area contributed by atoms with Gasteiger partial charge in [-0.3, -0.25) is 5.10 Å². The van der Waals surface area contributed by atoms with Gasteiger partial charge in [0.15, 0.2) is 0 Å². The molecule has 1 saturated heterocycles. The van der Waals surface area contributed by atoms with Crippen LogP contribution in [0.25, 0.3) is 0 Å². The van der Waals surface area contributed by atoms with Crippen molar-refractivity contribution in [1.29, 1.82) is 0 Å². The summed E-state index contributed by atoms with van der Waals surface area (Å²) in [7, 11) is 0. The average Bonchev–Trinajstić information content (AvgIpc) is 2.12. The largest absolute Gasteiger partial charge is 0.380 e. The highest BCUT2D eigenvalue weighted by Crippen LogP contribution is 2.27. The predicted octanol–water partition coefficient (Wildman–Crippen LogP) is 1.29. The Labute approximate surface area is 66.9 Å². The number of ether oxygens (including phenoxy) is 1. The standard InChI is InChI=1S/C6H7BrN2O/c7-5-1-8-9-6(5)4-2-10-3-4/h1,4H,2-3H2,(H,8,9). The highest BCUT2D eigenvalue weighted by molar-refractivity contribution is 9.10. The van der Waals surface area contributed by atoms with Crippen molar-refractivity contribution >= 4 is 15.9 Å². The summed E-state index contributed by atoms with van der Waals surface area (Å²) >= 11 is 3.39. The summed E-state index contributed by atoms with van der Waals surface area (Å²) in [6, 6.07) is 0. The zero-order chi connectivity index (χ0) is 6.97. The number of H-pyrrole nitrogens is 1. The third-order valence-electron chi connectivity index (χ3n) is 1.67. The Morgan fingerprint density at radius 1 is 1.70 bits per heavy atom. The van der Waals surface area contributed by atoms with Crippen LogP contribution in [-0.4, -0.2) is 23.4 Å². The minimum absolute atomic E-state index is 0.525. The van der Waals surface area contributed by atoms with E-state index in [0.29, 0.717) is 5.92 Å². The van der Waals surface area contributed by atoms with Crippen LogP contribution in [-0.2, 0) is 4.74 Å². The predicted molar refractivity (Wildman–Crippen MR) is 39.8 cm³/mol. The molecule has 0 bridgehead atoms. The van der Waals surface area contributed by atoms with Gasteiger partial charge in [-0.25, -0.2) is 0 Å². The Morgan fingerprint density at radius 3 is 2.90 bits per heavy atom. The fourth-order valence-electron chi connectivity index (χ4n) is 0.970. The summed E-state index contributed by atoms with van der Waals surface area (Å²) in [5.74, 6) is 0.525. The first-order valence-electron chi connectivity index (χ1n) is 3.14. The first-order chi connectivity index (χ1) is 4.88. The SMILES string of the molecule is Brc1cn[nH]c1C1COC1. The molecule has 1 aliphatic heterocycles. The van der Waals surface area contributed by atoms with Crippen LogP contribution in [0.3, 0.4) is 0 Å². The lowest BCUT2D eigenvalue weighted by molar-refractivity contribution is 0.00641. The van der Waals surface area contributed by atoms with Crippen molar-refractivity contribution in [1.82, 2.24) is 10.2 Å². The number of aromatic nitrogens is 2. The Hall–Kier alpha value is -0.350. The van der Waals surface area contributed by atoms with Gasteiger partial charge in [0.05, 0.1) is 29.6 Å². The molecule has 2 heterocycles. The minimum atomic E-state index is 0.525. The lowest BCUT2D eigenvalue weighted by Gasteiger charge is -2.24. The van der Waals surface area contributed by atoms with Gasteiger partial charge in [0.1, 0.15) is 0 Å². The topological polar surface area (TPSA) is 37.9 Å². The van der Waals surface area contributed by atoms with Crippen LogP contribution in [0.2, 0.25) is 0 Å². The molecule has 1 N–H and O–H groups in total. The van der Waals surface area contributed by atoms with Crippen LogP contribution in [0, 0.1) is 0 Å². The van der Waals surface area contributed by atoms with Gasteiger partial charge >= 0.3 is 0 Å². The Bertz CT molecular complexity index is 231. The van der Waals surface area contributed by atoms with Crippen LogP contribution >= 0.6 is 15.9 Å². The molecule has 0 atom stereocenters. The lowest BCUT2D eigenvalue weighted by Crippen LogP contribution is -2.25. The molecule has 1 aromatic rings. The third kappa shape index (κ3) is 0.876. The minimum Gasteiger partial charge on any atom is -0.380 e. The van der Waals surface area contributed by atoms with Crippen LogP contribution < -0.4 is 0 Å². The summed E-state index contributed by atoms with van der Waals surface area (Å²) in [5, 5.41) is 6.83. The molecule has 0 saturated carbocycles. The molecular formula is C6H7BrN2O. The van der Waals surface area contributed by atoms with Crippen molar-refractivity contribution in [2.45, 2.75) is 5.92 Å². The van der Waals surface area contributed by atoms with E-state index in [2.05, 4.69) is 26.1 Å². The lowest BCUT2D eigenvalue weighted by atomic mass is 10.1. The van der Waals surface area contributed by atoms with Gasteiger partial charge in [-0.15, -0.1) is 0 Å². The summed E-state index contributed by atoms with van der Waals surface area (Å²) < 4.78 is 6.10. The second-order valence-electron chi connectivity index (χ2n) is 2.37. The number of nitrogens with one attached hydrogen (secondary N) is 1. The van der Waals surface area contributed by atoms with E-state index in [1.807, 2.05) is 0 Å². The normalized spacial score (nSPS) is 18.9. The van der Waals surface area contributed by atoms with Gasteiger partial charge in [0.25, 0.3) is 0 Å². The van der Waals surface area contributed by atoms with E-state index in [-0.39, 0.29) is 0 Å². The molecule has 0 unspecified atom stereocenters. The highest BCUT2D eigenvalue weighted by atomic mass is 79.9. The molecule has 0 spiro atoms. The van der Waals surface area contributed by atoms with E-state index in [0.717, 1.165) is 23.4 Å². The zero-order valence-corrected chi connectivity index (χ0v) is 6.89. The van der Waals surface area contributed by atoms with E-state index in [1.54, 1.807) is 6.20 Å². The van der Waals surface area contributed by atoms with Gasteiger partial charge in [-0.2, -0.15) is 5.10 Å². The maximum Gasteiger partial charge on any atom is 0.0632 e. The first kappa shape index (κ1) is 6.37. The Morgan fingerprint density at radius 2 is 2.50 bits per heavy atom. The molecule has 1 fully saturated rings. The number of aromatic amines is 1. The smallest absolute Gasteiger partial charge is 0.0632 e. The molecule has 0 amide bonds. The zero-order valence-electron chi connectivity index (χ0n) is 5.30. The molecule has 54 valence electrons. The maximum absolute atomic E-state index is 5.05. The number of halogens is 1. The van der Waals surface area contributed by atoms with Crippen molar-refractivity contribution in [3.05, 3.63) is 16.4 Å². The van der Waals surface area contributed by atoms with Crippen LogP contribution in [0.5, 0.6) is 0 Å². The fourth-order valence-corrected chi connectivity index (χ4v) is 1.48. The molecule has 10 heavy (non-hydrogen) atoms. The molecule has 3 nitrogen and oxygen atoms in total. The van der Waals surface area contributed by atoms with Crippen molar-refractivity contribution in [2.75, 3.05) is 13.2 Å². The van der Waals surface area contributed by atoms with Crippen molar-refractivity contribution in [3.8, 4) is 0 Å². The van der Waals surface area contributed by atoms with Gasteiger partial charge < -0.3 is 4.74 Å². The second kappa shape index (κ2) is 2.36. The van der Waals surface area contributed by atoms with Crippen LogP contribution in [0.1, 0.15) is 11.6 Å². The van der Waals surface area contributed by atoms with E-state index < -0.39 is 0 Å². The maximum atomic E-state index is 5.05. The third-order valence-corrected chi connectivity index (χ3v) is 2.30. The van der Waals surface area contributed by atoms with Crippen molar-refractivity contribution in [2.24, 2.45) is 0 Å². The average molecular weight is 203 g/mol. The molecule has 0 aliphatic carbocycles. The van der Waals surface area contributed by atoms with Crippen LogP contribution in [0.4, 0.5) is 0 Å². The molecule has 1 aliphatic rings. The first-order valence-corrected chi connectivity index (χ1v) is 3.93. The van der Waals surface area contributed by atoms with E-state index in [4.69, 9.17) is 4.74 Å². The molecule has 2 rings (SSSR count). The van der Waals surface area contributed by atoms with Gasteiger partial charge in [0, 0.05) is 5.92 Å². The van der Waals surface area contributed by atoms with E-state index in [9.17, 15) is 0 Å². The van der Waals surface area contributed by atoms with E-state index >= 15 is 0 Å². The fraction of sp³-hybridized carbons (Fsp3) is 0.500. The summed E-state index contributed by atoms with van der Waals surface area (Å²) in [6.45, 7) is 1.64. The quantitative estimate of drug-likeness (QED) is 0.746. The van der Waals surface area contributed by atoms with Crippen molar-refractivity contribution in [3.63, 3.8) is 0 Å². The second-order valence-corrected chi connectivity index (χ2v) is 3.22. The number of hydrogen-bond donors (Lipinski definition) is 1. The number of hydrogen-bond acceptors (Lipinski definition) is 2. The molecular weight excluding hydrogens is 196 g/mol. The number of rotatable bonds is 1. The Balaban J connectivity index is 2.23. The summed E-state index contributed by atoms with van der Waals surface area (Å²) in [5.41, 5.74) is 1.16. The van der Waals surface area contributed by atoms with Crippen molar-refractivity contribution < 1.29 is 4.74 Å². The summed E-state index contributed by atoms with van der Waals surface area (Å²) in [4.78, 5) is 0. The van der Waals surface area contributed by atoms with Crippen LogP contribution in [0.15, 0.2) is 10.7 Å². The molecule has 0 radical (unpaired) electrons. The number of nitrogens with zero attached hydrogens (tertiary/aromatic N) is 1. The van der Waals surface area contributed by atoms with Gasteiger partial charge in [-0.05, 0) is 15.9 Å². The highest BCUT2D eigenvalue weighted by Gasteiger charge is 2.23. The van der Waals surface area contributed by atoms with E-state index in [1.165, 1.54) is 0 Å². The Kier molecular flexibility index (Phi) is 1.50. The van der Waals surface area contributed by atoms with Gasteiger partial charge in [0.2, 0.25) is 0 Å². The van der Waals surface area contributed by atoms with Gasteiger partial charge in [-0.1, -0.05) is 0 Å². The summed E-state index contributed by atoms with van der Waals surface area (Å²) in [6.07, 6.45) is 1.77. The molecule has 1 aromatic heterocycles. The monoisotopic (exact) mass is 202 g/mol. The molecule has 4 heteroatoms.